The molecule has 0 saturated carbocycles. The summed E-state index contributed by atoms with van der Waals surface area (Å²) < 4.78 is 5.17. The summed E-state index contributed by atoms with van der Waals surface area (Å²) in [6.07, 6.45) is 0. The number of rotatable bonds is 3. The highest BCUT2D eigenvalue weighted by molar-refractivity contribution is 6.40. The van der Waals surface area contributed by atoms with E-state index in [1.807, 2.05) is 30.3 Å². The molecule has 0 saturated heterocycles. The molecular formula is C15H14Cl2O2. The zero-order valence-electron chi connectivity index (χ0n) is 10.5. The number of alkyl halides is 2. The summed E-state index contributed by atoms with van der Waals surface area (Å²) in [6.45, 7) is 0. The van der Waals surface area contributed by atoms with Crippen molar-refractivity contribution in [1.29, 1.82) is 0 Å². The van der Waals surface area contributed by atoms with Crippen LogP contribution in [0.1, 0.15) is 15.9 Å². The summed E-state index contributed by atoms with van der Waals surface area (Å²) in [5.74, 6) is 0.592. The number of benzene rings is 2. The molecule has 0 N–H and O–H groups in total. The van der Waals surface area contributed by atoms with E-state index in [1.54, 1.807) is 31.4 Å². The molecule has 0 spiro atoms. The number of hydrogen-bond acceptors (Lipinski definition) is 2. The highest BCUT2D eigenvalue weighted by Gasteiger charge is 2.12. The molecule has 2 aromatic carbocycles. The van der Waals surface area contributed by atoms with Crippen molar-refractivity contribution >= 4 is 29.0 Å². The largest absolute Gasteiger partial charge is 0.496 e. The third-order valence-corrected chi connectivity index (χ3v) is 2.39. The number of para-hydroxylation sites is 1. The molecule has 0 amide bonds. The van der Waals surface area contributed by atoms with Gasteiger partial charge in [0.25, 0.3) is 0 Å². The van der Waals surface area contributed by atoms with Gasteiger partial charge in [-0.15, -0.1) is 23.2 Å². The van der Waals surface area contributed by atoms with Crippen LogP contribution in [0.4, 0.5) is 0 Å². The van der Waals surface area contributed by atoms with Crippen molar-refractivity contribution in [3.05, 3.63) is 65.7 Å². The maximum Gasteiger partial charge on any atom is 0.196 e. The number of carbonyl (C=O) groups is 1. The molecule has 0 aliphatic carbocycles. The van der Waals surface area contributed by atoms with Crippen LogP contribution >= 0.6 is 23.2 Å². The summed E-state index contributed by atoms with van der Waals surface area (Å²) in [5.41, 5.74) is 1.27. The van der Waals surface area contributed by atoms with Crippen LogP contribution in [0.5, 0.6) is 5.75 Å². The first-order valence-electron chi connectivity index (χ1n) is 5.59. The predicted molar refractivity (Wildman–Crippen MR) is 79.4 cm³/mol. The van der Waals surface area contributed by atoms with Crippen LogP contribution < -0.4 is 4.74 Å². The van der Waals surface area contributed by atoms with E-state index in [0.717, 1.165) is 0 Å². The fourth-order valence-corrected chi connectivity index (χ4v) is 1.58. The molecule has 2 rings (SSSR count). The number of carbonyl (C=O) groups excluding carboxylic acids is 1. The van der Waals surface area contributed by atoms with Gasteiger partial charge in [0.05, 0.1) is 18.0 Å². The molecule has 19 heavy (non-hydrogen) atoms. The molecule has 0 atom stereocenters. The summed E-state index contributed by atoms with van der Waals surface area (Å²) >= 11 is 9.53. The van der Waals surface area contributed by atoms with Gasteiger partial charge in [-0.1, -0.05) is 42.5 Å². The third kappa shape index (κ3) is 4.58. The second-order valence-electron chi connectivity index (χ2n) is 3.50. The molecular weight excluding hydrogens is 283 g/mol. The van der Waals surface area contributed by atoms with Gasteiger partial charge in [0, 0.05) is 5.56 Å². The number of ether oxygens (including phenoxy) is 1. The lowest BCUT2D eigenvalue weighted by Crippen LogP contribution is -2.03. The Bertz CT molecular complexity index is 513. The topological polar surface area (TPSA) is 26.3 Å². The SMILES string of the molecule is COc1ccccc1C(=O)c1ccccc1.ClCCl. The molecule has 0 aromatic heterocycles. The van der Waals surface area contributed by atoms with Crippen molar-refractivity contribution in [2.75, 3.05) is 12.4 Å². The minimum atomic E-state index is -0.0157. The minimum absolute atomic E-state index is 0.0157. The normalized spacial score (nSPS) is 9.21. The van der Waals surface area contributed by atoms with Gasteiger partial charge in [0.1, 0.15) is 5.75 Å². The second-order valence-corrected chi connectivity index (χ2v) is 4.30. The Morgan fingerprint density at radius 2 is 1.53 bits per heavy atom. The quantitative estimate of drug-likeness (QED) is 0.622. The molecule has 2 nitrogen and oxygen atoms in total. The maximum absolute atomic E-state index is 12.1. The number of ketones is 1. The molecule has 0 radical (unpaired) electrons. The van der Waals surface area contributed by atoms with Crippen molar-refractivity contribution in [2.45, 2.75) is 0 Å². The molecule has 0 bridgehead atoms. The van der Waals surface area contributed by atoms with E-state index in [4.69, 9.17) is 27.9 Å². The van der Waals surface area contributed by atoms with E-state index in [-0.39, 0.29) is 11.1 Å². The van der Waals surface area contributed by atoms with Crippen LogP contribution in [0.2, 0.25) is 0 Å². The average molecular weight is 297 g/mol. The predicted octanol–water partition coefficient (Wildman–Crippen LogP) is 4.35. The lowest BCUT2D eigenvalue weighted by atomic mass is 10.0. The van der Waals surface area contributed by atoms with Crippen LogP contribution in [0.15, 0.2) is 54.6 Å². The molecule has 0 aliphatic rings. The Balaban J connectivity index is 0.000000550. The maximum atomic E-state index is 12.1. The Morgan fingerprint density at radius 3 is 2.11 bits per heavy atom. The Labute approximate surface area is 122 Å². The zero-order valence-corrected chi connectivity index (χ0v) is 12.0. The standard InChI is InChI=1S/C14H12O2.CH2Cl2/c1-16-13-10-6-5-9-12(13)14(15)11-7-3-2-4-8-11;2-1-3/h2-10H,1H3;1H2. The molecule has 0 unspecified atom stereocenters. The summed E-state index contributed by atoms with van der Waals surface area (Å²) in [7, 11) is 1.57. The Hall–Kier alpha value is -1.51. The lowest BCUT2D eigenvalue weighted by Gasteiger charge is -2.06. The first-order valence-corrected chi connectivity index (χ1v) is 6.66. The van der Waals surface area contributed by atoms with Gasteiger partial charge >= 0.3 is 0 Å². The lowest BCUT2D eigenvalue weighted by molar-refractivity contribution is 0.103. The molecule has 0 aliphatic heterocycles. The van der Waals surface area contributed by atoms with E-state index in [2.05, 4.69) is 0 Å². The van der Waals surface area contributed by atoms with Crippen molar-refractivity contribution in [3.63, 3.8) is 0 Å². The summed E-state index contributed by atoms with van der Waals surface area (Å²) in [6, 6.07) is 16.4. The van der Waals surface area contributed by atoms with E-state index < -0.39 is 0 Å². The monoisotopic (exact) mass is 296 g/mol. The Morgan fingerprint density at radius 1 is 1.00 bits per heavy atom. The van der Waals surface area contributed by atoms with Crippen molar-refractivity contribution in [1.82, 2.24) is 0 Å². The van der Waals surface area contributed by atoms with Crippen molar-refractivity contribution in [3.8, 4) is 5.75 Å². The number of methoxy groups -OCH3 is 1. The van der Waals surface area contributed by atoms with Gasteiger partial charge in [0.15, 0.2) is 5.78 Å². The van der Waals surface area contributed by atoms with Gasteiger partial charge in [-0.2, -0.15) is 0 Å². The van der Waals surface area contributed by atoms with Gasteiger partial charge in [-0.25, -0.2) is 0 Å². The number of hydrogen-bond donors (Lipinski definition) is 0. The molecule has 0 heterocycles. The molecule has 2 aromatic rings. The summed E-state index contributed by atoms with van der Waals surface area (Å²) in [4.78, 5) is 12.1. The van der Waals surface area contributed by atoms with E-state index in [1.165, 1.54) is 0 Å². The third-order valence-electron chi connectivity index (χ3n) is 2.39. The van der Waals surface area contributed by atoms with E-state index in [9.17, 15) is 4.79 Å². The highest BCUT2D eigenvalue weighted by Crippen LogP contribution is 2.20. The number of halogens is 2. The first-order chi connectivity index (χ1) is 9.24. The van der Waals surface area contributed by atoms with Crippen LogP contribution in [-0.2, 0) is 0 Å². The zero-order chi connectivity index (χ0) is 14.1. The van der Waals surface area contributed by atoms with Crippen molar-refractivity contribution in [2.24, 2.45) is 0 Å². The average Bonchev–Trinajstić information content (AvgIpc) is 2.48. The van der Waals surface area contributed by atoms with Gasteiger partial charge in [-0.3, -0.25) is 4.79 Å². The summed E-state index contributed by atoms with van der Waals surface area (Å²) in [5, 5.41) is 0.194. The molecule has 100 valence electrons. The fourth-order valence-electron chi connectivity index (χ4n) is 1.58. The van der Waals surface area contributed by atoms with Crippen LogP contribution in [0, 0.1) is 0 Å². The smallest absolute Gasteiger partial charge is 0.196 e. The van der Waals surface area contributed by atoms with E-state index in [0.29, 0.717) is 16.9 Å². The van der Waals surface area contributed by atoms with Crippen LogP contribution in [0.3, 0.4) is 0 Å². The molecule has 0 fully saturated rings. The van der Waals surface area contributed by atoms with Crippen LogP contribution in [-0.4, -0.2) is 18.2 Å². The van der Waals surface area contributed by atoms with Crippen molar-refractivity contribution < 1.29 is 9.53 Å². The van der Waals surface area contributed by atoms with Gasteiger partial charge < -0.3 is 4.74 Å². The van der Waals surface area contributed by atoms with E-state index >= 15 is 0 Å². The second kappa shape index (κ2) is 8.57. The van der Waals surface area contributed by atoms with Gasteiger partial charge in [0.2, 0.25) is 0 Å². The Kier molecular flexibility index (Phi) is 7.01. The highest BCUT2D eigenvalue weighted by atomic mass is 35.5. The molecule has 4 heteroatoms. The van der Waals surface area contributed by atoms with Crippen LogP contribution in [0.25, 0.3) is 0 Å². The first kappa shape index (κ1) is 15.5. The fraction of sp³-hybridized carbons (Fsp3) is 0.133. The van der Waals surface area contributed by atoms with Gasteiger partial charge in [-0.05, 0) is 12.1 Å². The minimum Gasteiger partial charge on any atom is -0.496 e.